The zero-order chi connectivity index (χ0) is 16.1. The molecule has 0 heterocycles. The van der Waals surface area contributed by atoms with Crippen LogP contribution in [0.1, 0.15) is 25.3 Å². The van der Waals surface area contributed by atoms with E-state index in [1.165, 1.54) is 13.0 Å². The molecule has 1 aromatic rings. The quantitative estimate of drug-likeness (QED) is 0.615. The SMILES string of the molecule is CC(Oc1cccc(C=C(C#N)C(=O)NC2CC2)c1)C(=O)O. The van der Waals surface area contributed by atoms with Gasteiger partial charge >= 0.3 is 5.97 Å². The Morgan fingerprint density at radius 3 is 2.82 bits per heavy atom. The van der Waals surface area contributed by atoms with Crippen LogP contribution in [0.4, 0.5) is 0 Å². The Morgan fingerprint density at radius 2 is 2.23 bits per heavy atom. The van der Waals surface area contributed by atoms with Crippen LogP contribution in [0.25, 0.3) is 6.08 Å². The van der Waals surface area contributed by atoms with Gasteiger partial charge in [-0.3, -0.25) is 4.79 Å². The summed E-state index contributed by atoms with van der Waals surface area (Å²) < 4.78 is 5.25. The molecule has 0 radical (unpaired) electrons. The number of nitrogens with one attached hydrogen (secondary N) is 1. The number of hydrogen-bond acceptors (Lipinski definition) is 4. The van der Waals surface area contributed by atoms with Gasteiger partial charge in [-0.25, -0.2) is 4.79 Å². The van der Waals surface area contributed by atoms with Gasteiger partial charge < -0.3 is 15.2 Å². The number of carbonyl (C=O) groups excluding carboxylic acids is 1. The molecular weight excluding hydrogens is 284 g/mol. The highest BCUT2D eigenvalue weighted by molar-refractivity contribution is 6.02. The summed E-state index contributed by atoms with van der Waals surface area (Å²) in [7, 11) is 0. The van der Waals surface area contributed by atoms with Crippen molar-refractivity contribution in [3.8, 4) is 11.8 Å². The number of benzene rings is 1. The number of carboxylic acids is 1. The highest BCUT2D eigenvalue weighted by Crippen LogP contribution is 2.20. The third-order valence-electron chi connectivity index (χ3n) is 3.11. The maximum atomic E-state index is 11.9. The van der Waals surface area contributed by atoms with E-state index in [0.29, 0.717) is 11.3 Å². The first-order valence-corrected chi connectivity index (χ1v) is 6.92. The smallest absolute Gasteiger partial charge is 0.344 e. The molecule has 1 aromatic carbocycles. The lowest BCUT2D eigenvalue weighted by atomic mass is 10.1. The second-order valence-electron chi connectivity index (χ2n) is 5.09. The lowest BCUT2D eigenvalue weighted by Crippen LogP contribution is -2.26. The Labute approximate surface area is 128 Å². The van der Waals surface area contributed by atoms with Gasteiger partial charge in [0.05, 0.1) is 0 Å². The minimum absolute atomic E-state index is 0.00957. The van der Waals surface area contributed by atoms with Crippen LogP contribution in [0.15, 0.2) is 29.8 Å². The summed E-state index contributed by atoms with van der Waals surface area (Å²) in [5, 5.41) is 20.7. The predicted octanol–water partition coefficient (Wildman–Crippen LogP) is 1.72. The standard InChI is InChI=1S/C16H16N2O4/c1-10(16(20)21)22-14-4-2-3-11(8-14)7-12(9-17)15(19)18-13-5-6-13/h2-4,7-8,10,13H,5-6H2,1H3,(H,18,19)(H,20,21). The highest BCUT2D eigenvalue weighted by atomic mass is 16.5. The molecule has 0 saturated heterocycles. The van der Waals surface area contributed by atoms with Gasteiger partial charge in [0.1, 0.15) is 17.4 Å². The maximum Gasteiger partial charge on any atom is 0.344 e. The molecule has 1 amide bonds. The third-order valence-corrected chi connectivity index (χ3v) is 3.11. The average molecular weight is 300 g/mol. The van der Waals surface area contributed by atoms with Gasteiger partial charge in [-0.05, 0) is 43.5 Å². The average Bonchev–Trinajstić information content (AvgIpc) is 3.28. The number of amides is 1. The summed E-state index contributed by atoms with van der Waals surface area (Å²) in [6.45, 7) is 1.43. The third kappa shape index (κ3) is 4.35. The largest absolute Gasteiger partial charge is 0.479 e. The fraction of sp³-hybridized carbons (Fsp3) is 0.312. The van der Waals surface area contributed by atoms with Gasteiger partial charge in [-0.1, -0.05) is 12.1 Å². The molecule has 0 bridgehead atoms. The van der Waals surface area contributed by atoms with Crippen molar-refractivity contribution >= 4 is 18.0 Å². The van der Waals surface area contributed by atoms with Crippen LogP contribution >= 0.6 is 0 Å². The van der Waals surface area contributed by atoms with E-state index in [-0.39, 0.29) is 11.6 Å². The zero-order valence-electron chi connectivity index (χ0n) is 12.1. The summed E-state index contributed by atoms with van der Waals surface area (Å²) in [5.74, 6) is -1.10. The van der Waals surface area contributed by atoms with Gasteiger partial charge in [-0.2, -0.15) is 5.26 Å². The first-order valence-electron chi connectivity index (χ1n) is 6.92. The van der Waals surface area contributed by atoms with Crippen LogP contribution in [0, 0.1) is 11.3 Å². The lowest BCUT2D eigenvalue weighted by Gasteiger charge is -2.10. The Morgan fingerprint density at radius 1 is 1.50 bits per heavy atom. The van der Waals surface area contributed by atoms with E-state index in [1.807, 2.05) is 6.07 Å². The predicted molar refractivity (Wildman–Crippen MR) is 78.9 cm³/mol. The van der Waals surface area contributed by atoms with Crippen LogP contribution in [0.2, 0.25) is 0 Å². The molecule has 0 aliphatic heterocycles. The molecule has 1 saturated carbocycles. The summed E-state index contributed by atoms with van der Waals surface area (Å²) in [6.07, 6.45) is 2.37. The fourth-order valence-electron chi connectivity index (χ4n) is 1.74. The molecule has 2 N–H and O–H groups in total. The molecule has 0 aromatic heterocycles. The number of carbonyl (C=O) groups is 2. The van der Waals surface area contributed by atoms with Crippen molar-refractivity contribution < 1.29 is 19.4 Å². The minimum atomic E-state index is -1.07. The molecule has 0 spiro atoms. The second kappa shape index (κ2) is 6.76. The van der Waals surface area contributed by atoms with Crippen molar-refractivity contribution in [3.63, 3.8) is 0 Å². The fourth-order valence-corrected chi connectivity index (χ4v) is 1.74. The van der Waals surface area contributed by atoms with E-state index in [0.717, 1.165) is 12.8 Å². The Balaban J connectivity index is 2.13. The monoisotopic (exact) mass is 300 g/mol. The van der Waals surface area contributed by atoms with Gasteiger partial charge in [-0.15, -0.1) is 0 Å². The number of carboxylic acid groups (broad SMARTS) is 1. The molecule has 2 rings (SSSR count). The number of nitriles is 1. The Kier molecular flexibility index (Phi) is 4.79. The first-order chi connectivity index (χ1) is 10.5. The van der Waals surface area contributed by atoms with Crippen LogP contribution in [-0.4, -0.2) is 29.1 Å². The summed E-state index contributed by atoms with van der Waals surface area (Å²) >= 11 is 0. The van der Waals surface area contributed by atoms with Gasteiger partial charge in [0, 0.05) is 6.04 Å². The van der Waals surface area contributed by atoms with E-state index >= 15 is 0 Å². The van der Waals surface area contributed by atoms with Crippen molar-refractivity contribution in [3.05, 3.63) is 35.4 Å². The van der Waals surface area contributed by atoms with Gasteiger partial charge in [0.2, 0.25) is 0 Å². The van der Waals surface area contributed by atoms with Crippen molar-refractivity contribution in [2.24, 2.45) is 0 Å². The molecule has 1 unspecified atom stereocenters. The van der Waals surface area contributed by atoms with Gasteiger partial charge in [0.15, 0.2) is 6.10 Å². The molecule has 1 fully saturated rings. The van der Waals surface area contributed by atoms with Crippen LogP contribution in [-0.2, 0) is 9.59 Å². The number of hydrogen-bond donors (Lipinski definition) is 2. The first kappa shape index (κ1) is 15.6. The minimum Gasteiger partial charge on any atom is -0.479 e. The molecule has 1 aliphatic carbocycles. The normalized spacial score (nSPS) is 15.5. The Hall–Kier alpha value is -2.81. The second-order valence-corrected chi connectivity index (χ2v) is 5.09. The highest BCUT2D eigenvalue weighted by Gasteiger charge is 2.24. The number of rotatable bonds is 6. The summed E-state index contributed by atoms with van der Waals surface area (Å²) in [6, 6.07) is 8.63. The van der Waals surface area contributed by atoms with Crippen molar-refractivity contribution in [1.29, 1.82) is 5.26 Å². The van der Waals surface area contributed by atoms with Crippen LogP contribution in [0.5, 0.6) is 5.75 Å². The Bertz CT molecular complexity index is 656. The van der Waals surface area contributed by atoms with E-state index in [2.05, 4.69) is 5.32 Å². The molecular formula is C16H16N2O4. The van der Waals surface area contributed by atoms with Crippen molar-refractivity contribution in [2.75, 3.05) is 0 Å². The number of nitrogens with zero attached hydrogens (tertiary/aromatic N) is 1. The molecule has 114 valence electrons. The lowest BCUT2D eigenvalue weighted by molar-refractivity contribution is -0.144. The van der Waals surface area contributed by atoms with Crippen LogP contribution in [0.3, 0.4) is 0 Å². The molecule has 6 heteroatoms. The van der Waals surface area contributed by atoms with E-state index in [1.54, 1.807) is 24.3 Å². The summed E-state index contributed by atoms with van der Waals surface area (Å²) in [4.78, 5) is 22.6. The maximum absolute atomic E-state index is 11.9. The van der Waals surface area contributed by atoms with E-state index in [9.17, 15) is 9.59 Å². The van der Waals surface area contributed by atoms with E-state index < -0.39 is 18.0 Å². The van der Waals surface area contributed by atoms with Gasteiger partial charge in [0.25, 0.3) is 5.91 Å². The summed E-state index contributed by atoms with van der Waals surface area (Å²) in [5.41, 5.74) is 0.605. The molecule has 22 heavy (non-hydrogen) atoms. The molecule has 6 nitrogen and oxygen atoms in total. The molecule has 1 aliphatic rings. The van der Waals surface area contributed by atoms with Crippen molar-refractivity contribution in [1.82, 2.24) is 5.32 Å². The zero-order valence-corrected chi connectivity index (χ0v) is 12.1. The number of aliphatic carboxylic acids is 1. The topological polar surface area (TPSA) is 99.4 Å². The van der Waals surface area contributed by atoms with Crippen LogP contribution < -0.4 is 10.1 Å². The van der Waals surface area contributed by atoms with Crippen molar-refractivity contribution in [2.45, 2.75) is 31.9 Å². The van der Waals surface area contributed by atoms with E-state index in [4.69, 9.17) is 15.1 Å². The number of ether oxygens (including phenoxy) is 1. The molecule has 1 atom stereocenters.